The summed E-state index contributed by atoms with van der Waals surface area (Å²) in [7, 11) is 0. The number of ether oxygens (including phenoxy) is 2. The number of rotatable bonds is 7. The number of hydrogen-bond donors (Lipinski definition) is 0. The van der Waals surface area contributed by atoms with Gasteiger partial charge in [0.2, 0.25) is 0 Å². The Hall–Kier alpha value is -1.32. The summed E-state index contributed by atoms with van der Waals surface area (Å²) in [6.07, 6.45) is 2.83. The standard InChI is InChI=1S/C12H20O4/c1-5-10(13)15-9-7-8-12(3,4)16-11(14)6-2/h6H,2,5,7-9H2,1,3-4H3. The average molecular weight is 228 g/mol. The van der Waals surface area contributed by atoms with E-state index in [2.05, 4.69) is 6.58 Å². The number of esters is 2. The minimum atomic E-state index is -0.552. The zero-order valence-electron chi connectivity index (χ0n) is 10.2. The van der Waals surface area contributed by atoms with Crippen LogP contribution in [0.1, 0.15) is 40.0 Å². The predicted octanol–water partition coefficient (Wildman–Crippen LogP) is 2.23. The summed E-state index contributed by atoms with van der Waals surface area (Å²) in [4.78, 5) is 21.8. The van der Waals surface area contributed by atoms with Crippen LogP contribution in [0, 0.1) is 0 Å². The van der Waals surface area contributed by atoms with Crippen molar-refractivity contribution < 1.29 is 19.1 Å². The maximum absolute atomic E-state index is 11.0. The van der Waals surface area contributed by atoms with E-state index < -0.39 is 11.6 Å². The van der Waals surface area contributed by atoms with Gasteiger partial charge in [-0.1, -0.05) is 13.5 Å². The van der Waals surface area contributed by atoms with Crippen LogP contribution in [0.5, 0.6) is 0 Å². The molecule has 0 fully saturated rings. The molecule has 0 N–H and O–H groups in total. The van der Waals surface area contributed by atoms with E-state index in [1.54, 1.807) is 6.92 Å². The van der Waals surface area contributed by atoms with Gasteiger partial charge >= 0.3 is 11.9 Å². The Morgan fingerprint density at radius 2 is 2.00 bits per heavy atom. The Bertz CT molecular complexity index is 256. The van der Waals surface area contributed by atoms with Crippen molar-refractivity contribution in [1.82, 2.24) is 0 Å². The number of carbonyl (C=O) groups is 2. The third-order valence-corrected chi connectivity index (χ3v) is 2.02. The van der Waals surface area contributed by atoms with Crippen molar-refractivity contribution in [3.8, 4) is 0 Å². The van der Waals surface area contributed by atoms with E-state index in [-0.39, 0.29) is 5.97 Å². The molecule has 0 unspecified atom stereocenters. The highest BCUT2D eigenvalue weighted by Crippen LogP contribution is 2.17. The largest absolute Gasteiger partial charge is 0.466 e. The van der Waals surface area contributed by atoms with E-state index in [0.29, 0.717) is 25.9 Å². The molecule has 0 saturated heterocycles. The number of hydrogen-bond acceptors (Lipinski definition) is 4. The highest BCUT2D eigenvalue weighted by molar-refractivity contribution is 5.81. The van der Waals surface area contributed by atoms with Crippen LogP contribution < -0.4 is 0 Å². The van der Waals surface area contributed by atoms with Crippen LogP contribution in [0.25, 0.3) is 0 Å². The summed E-state index contributed by atoms with van der Waals surface area (Å²) >= 11 is 0. The van der Waals surface area contributed by atoms with Gasteiger partial charge in [0, 0.05) is 12.5 Å². The molecule has 0 radical (unpaired) electrons. The van der Waals surface area contributed by atoms with Crippen molar-refractivity contribution in [2.75, 3.05) is 6.61 Å². The molecular weight excluding hydrogens is 208 g/mol. The lowest BCUT2D eigenvalue weighted by Crippen LogP contribution is -2.27. The zero-order chi connectivity index (χ0) is 12.6. The minimum Gasteiger partial charge on any atom is -0.466 e. The second kappa shape index (κ2) is 7.04. The third kappa shape index (κ3) is 7.04. The quantitative estimate of drug-likeness (QED) is 0.381. The first-order valence-corrected chi connectivity index (χ1v) is 5.42. The molecular formula is C12H20O4. The highest BCUT2D eigenvalue weighted by atomic mass is 16.6. The Labute approximate surface area is 96.6 Å². The second-order valence-electron chi connectivity index (χ2n) is 4.06. The maximum atomic E-state index is 11.0. The zero-order valence-corrected chi connectivity index (χ0v) is 10.2. The van der Waals surface area contributed by atoms with Gasteiger partial charge in [0.1, 0.15) is 5.60 Å². The lowest BCUT2D eigenvalue weighted by molar-refractivity contribution is -0.152. The van der Waals surface area contributed by atoms with Gasteiger partial charge in [-0.25, -0.2) is 4.79 Å². The number of carbonyl (C=O) groups excluding carboxylic acids is 2. The summed E-state index contributed by atoms with van der Waals surface area (Å²) in [6.45, 7) is 9.07. The summed E-state index contributed by atoms with van der Waals surface area (Å²) < 4.78 is 10.0. The molecule has 0 saturated carbocycles. The first-order chi connectivity index (χ1) is 7.41. The molecule has 0 amide bonds. The first kappa shape index (κ1) is 14.7. The van der Waals surface area contributed by atoms with Gasteiger partial charge in [-0.3, -0.25) is 4.79 Å². The fourth-order valence-corrected chi connectivity index (χ4v) is 1.15. The van der Waals surface area contributed by atoms with Crippen molar-refractivity contribution in [1.29, 1.82) is 0 Å². The molecule has 4 nitrogen and oxygen atoms in total. The maximum Gasteiger partial charge on any atom is 0.330 e. The van der Waals surface area contributed by atoms with Crippen molar-refractivity contribution in [2.45, 2.75) is 45.6 Å². The topological polar surface area (TPSA) is 52.6 Å². The molecule has 0 aromatic carbocycles. The third-order valence-electron chi connectivity index (χ3n) is 2.02. The molecule has 4 heteroatoms. The van der Waals surface area contributed by atoms with Gasteiger partial charge in [0.25, 0.3) is 0 Å². The molecule has 0 aromatic rings. The SMILES string of the molecule is C=CC(=O)OC(C)(C)CCCOC(=O)CC. The molecule has 0 atom stereocenters. The van der Waals surface area contributed by atoms with Gasteiger partial charge in [-0.05, 0) is 26.7 Å². The van der Waals surface area contributed by atoms with Crippen LogP contribution in [0.2, 0.25) is 0 Å². The molecule has 0 spiro atoms. The Balaban J connectivity index is 3.77. The minimum absolute atomic E-state index is 0.208. The lowest BCUT2D eigenvalue weighted by Gasteiger charge is -2.24. The van der Waals surface area contributed by atoms with E-state index in [0.717, 1.165) is 6.08 Å². The Kier molecular flexibility index (Phi) is 6.46. The van der Waals surface area contributed by atoms with E-state index in [9.17, 15) is 9.59 Å². The summed E-state index contributed by atoms with van der Waals surface area (Å²) in [5.41, 5.74) is -0.552. The lowest BCUT2D eigenvalue weighted by atomic mass is 10.0. The highest BCUT2D eigenvalue weighted by Gasteiger charge is 2.21. The summed E-state index contributed by atoms with van der Waals surface area (Å²) in [5.74, 6) is -0.642. The second-order valence-corrected chi connectivity index (χ2v) is 4.06. The normalized spacial score (nSPS) is 10.7. The molecule has 0 rings (SSSR count). The fraction of sp³-hybridized carbons (Fsp3) is 0.667. The van der Waals surface area contributed by atoms with Crippen molar-refractivity contribution in [3.05, 3.63) is 12.7 Å². The van der Waals surface area contributed by atoms with Crippen LogP contribution >= 0.6 is 0 Å². The molecule has 0 heterocycles. The monoisotopic (exact) mass is 228 g/mol. The van der Waals surface area contributed by atoms with Crippen molar-refractivity contribution in [3.63, 3.8) is 0 Å². The van der Waals surface area contributed by atoms with Crippen LogP contribution in [0.15, 0.2) is 12.7 Å². The summed E-state index contributed by atoms with van der Waals surface area (Å²) in [6, 6.07) is 0. The summed E-state index contributed by atoms with van der Waals surface area (Å²) in [5, 5.41) is 0. The van der Waals surface area contributed by atoms with E-state index in [1.807, 2.05) is 13.8 Å². The fourth-order valence-electron chi connectivity index (χ4n) is 1.15. The predicted molar refractivity (Wildman–Crippen MR) is 60.9 cm³/mol. The molecule has 92 valence electrons. The van der Waals surface area contributed by atoms with Crippen LogP contribution in [-0.4, -0.2) is 24.1 Å². The molecule has 0 aliphatic rings. The average Bonchev–Trinajstić information content (AvgIpc) is 2.23. The molecule has 0 aromatic heterocycles. The van der Waals surface area contributed by atoms with Crippen molar-refractivity contribution >= 4 is 11.9 Å². The Morgan fingerprint density at radius 3 is 2.50 bits per heavy atom. The van der Waals surface area contributed by atoms with Crippen molar-refractivity contribution in [2.24, 2.45) is 0 Å². The molecule has 16 heavy (non-hydrogen) atoms. The van der Waals surface area contributed by atoms with E-state index in [1.165, 1.54) is 0 Å². The Morgan fingerprint density at radius 1 is 1.38 bits per heavy atom. The van der Waals surface area contributed by atoms with Gasteiger partial charge in [0.15, 0.2) is 0 Å². The van der Waals surface area contributed by atoms with E-state index in [4.69, 9.17) is 9.47 Å². The first-order valence-electron chi connectivity index (χ1n) is 5.42. The smallest absolute Gasteiger partial charge is 0.330 e. The van der Waals surface area contributed by atoms with Gasteiger partial charge < -0.3 is 9.47 Å². The van der Waals surface area contributed by atoms with Crippen LogP contribution in [-0.2, 0) is 19.1 Å². The van der Waals surface area contributed by atoms with Gasteiger partial charge in [0.05, 0.1) is 6.61 Å². The van der Waals surface area contributed by atoms with Crippen LogP contribution in [0.3, 0.4) is 0 Å². The molecule has 0 bridgehead atoms. The van der Waals surface area contributed by atoms with Gasteiger partial charge in [-0.15, -0.1) is 0 Å². The van der Waals surface area contributed by atoms with Crippen LogP contribution in [0.4, 0.5) is 0 Å². The van der Waals surface area contributed by atoms with E-state index >= 15 is 0 Å². The molecule has 0 aliphatic heterocycles. The molecule has 0 aliphatic carbocycles. The van der Waals surface area contributed by atoms with Gasteiger partial charge in [-0.2, -0.15) is 0 Å².